The van der Waals surface area contributed by atoms with Gasteiger partial charge < -0.3 is 15.5 Å². The molecule has 0 aromatic carbocycles. The predicted molar refractivity (Wildman–Crippen MR) is 68.6 cm³/mol. The molecule has 0 spiro atoms. The summed E-state index contributed by atoms with van der Waals surface area (Å²) < 4.78 is 0. The first-order valence-corrected chi connectivity index (χ1v) is 6.41. The molecule has 0 heterocycles. The van der Waals surface area contributed by atoms with Gasteiger partial charge in [-0.25, -0.2) is 0 Å². The summed E-state index contributed by atoms with van der Waals surface area (Å²) in [4.78, 5) is 11.6. The van der Waals surface area contributed by atoms with Gasteiger partial charge in [-0.15, -0.1) is 0 Å². The molecule has 0 bridgehead atoms. The van der Waals surface area contributed by atoms with Crippen molar-refractivity contribution in [3.63, 3.8) is 0 Å². The largest absolute Gasteiger partial charge is 0.396 e. The number of aliphatic hydroxyl groups excluding tert-OH is 2. The highest BCUT2D eigenvalue weighted by Crippen LogP contribution is 2.19. The molecule has 0 saturated carbocycles. The van der Waals surface area contributed by atoms with Crippen molar-refractivity contribution in [3.05, 3.63) is 0 Å². The monoisotopic (exact) mass is 245 g/mol. The van der Waals surface area contributed by atoms with Crippen LogP contribution in [0.5, 0.6) is 0 Å². The number of rotatable bonds is 8. The summed E-state index contributed by atoms with van der Waals surface area (Å²) in [6.45, 7) is 8.03. The number of nitrogens with one attached hydrogen (secondary N) is 1. The summed E-state index contributed by atoms with van der Waals surface area (Å²) in [5.74, 6) is 0.277. The van der Waals surface area contributed by atoms with Crippen LogP contribution < -0.4 is 5.32 Å². The molecule has 0 saturated heterocycles. The minimum atomic E-state index is -1.16. The summed E-state index contributed by atoms with van der Waals surface area (Å²) in [5.41, 5.74) is -0.791. The van der Waals surface area contributed by atoms with Crippen LogP contribution >= 0.6 is 0 Å². The van der Waals surface area contributed by atoms with Crippen LogP contribution in [0.2, 0.25) is 0 Å². The molecule has 102 valence electrons. The first-order valence-electron chi connectivity index (χ1n) is 6.41. The molecule has 2 atom stereocenters. The van der Waals surface area contributed by atoms with Gasteiger partial charge in [-0.2, -0.15) is 0 Å². The van der Waals surface area contributed by atoms with Crippen LogP contribution in [0.15, 0.2) is 0 Å². The number of aliphatic hydroxyl groups is 2. The summed E-state index contributed by atoms with van der Waals surface area (Å²) in [6, 6.07) is 0. The van der Waals surface area contributed by atoms with E-state index in [9.17, 15) is 9.90 Å². The molecule has 0 fully saturated rings. The van der Waals surface area contributed by atoms with E-state index < -0.39 is 17.4 Å². The Labute approximate surface area is 104 Å². The number of hydrogen-bond acceptors (Lipinski definition) is 3. The van der Waals surface area contributed by atoms with Crippen molar-refractivity contribution in [2.75, 3.05) is 13.2 Å². The third-order valence-corrected chi connectivity index (χ3v) is 3.27. The molecule has 0 radical (unpaired) electrons. The van der Waals surface area contributed by atoms with Gasteiger partial charge in [-0.05, 0) is 18.8 Å². The number of hydrogen-bond donors (Lipinski definition) is 3. The molecule has 4 nitrogen and oxygen atoms in total. The molecule has 0 aliphatic rings. The normalized spacial score (nSPS) is 15.4. The molecular formula is C13H27NO3. The molecule has 0 aliphatic carbocycles. The van der Waals surface area contributed by atoms with Crippen LogP contribution in [0.3, 0.4) is 0 Å². The summed E-state index contributed by atoms with van der Waals surface area (Å²) >= 11 is 0. The highest BCUT2D eigenvalue weighted by atomic mass is 16.3. The molecule has 0 aromatic rings. The Hall–Kier alpha value is -0.610. The molecule has 4 heteroatoms. The van der Waals surface area contributed by atoms with E-state index in [1.54, 1.807) is 13.8 Å². The maximum absolute atomic E-state index is 11.6. The Bertz CT molecular complexity index is 229. The fraction of sp³-hybridized carbons (Fsp3) is 0.923. The second-order valence-corrected chi connectivity index (χ2v) is 5.50. The molecule has 1 amide bonds. The number of amides is 1. The summed E-state index contributed by atoms with van der Waals surface area (Å²) in [7, 11) is 0. The van der Waals surface area contributed by atoms with Crippen LogP contribution in [0, 0.1) is 11.3 Å². The maximum atomic E-state index is 11.6. The van der Waals surface area contributed by atoms with Crippen molar-refractivity contribution in [2.45, 2.75) is 53.1 Å². The standard InChI is InChI=1S/C13H27NO3/c1-5-10(2)7-6-8-14-12(17)11(16)13(3,4)9-15/h10-11,15-16H,5-9H2,1-4H3,(H,14,17). The van der Waals surface area contributed by atoms with Crippen molar-refractivity contribution in [2.24, 2.45) is 11.3 Å². The average Bonchev–Trinajstić information content (AvgIpc) is 2.32. The Balaban J connectivity index is 3.87. The smallest absolute Gasteiger partial charge is 0.249 e. The Morgan fingerprint density at radius 1 is 1.41 bits per heavy atom. The molecule has 0 aromatic heterocycles. The van der Waals surface area contributed by atoms with Gasteiger partial charge in [-0.1, -0.05) is 34.1 Å². The Kier molecular flexibility index (Phi) is 7.39. The quantitative estimate of drug-likeness (QED) is 0.565. The second kappa shape index (κ2) is 7.67. The van der Waals surface area contributed by atoms with Gasteiger partial charge in [0.2, 0.25) is 5.91 Å². The van der Waals surface area contributed by atoms with Gasteiger partial charge in [0.15, 0.2) is 0 Å². The van der Waals surface area contributed by atoms with E-state index in [4.69, 9.17) is 5.11 Å². The highest BCUT2D eigenvalue weighted by Gasteiger charge is 2.32. The summed E-state index contributed by atoms with van der Waals surface area (Å²) in [6.07, 6.45) is 1.99. The fourth-order valence-electron chi connectivity index (χ4n) is 1.40. The zero-order chi connectivity index (χ0) is 13.5. The number of carbonyl (C=O) groups excluding carboxylic acids is 1. The van der Waals surface area contributed by atoms with Crippen LogP contribution in [0.25, 0.3) is 0 Å². The van der Waals surface area contributed by atoms with E-state index in [0.29, 0.717) is 12.5 Å². The fourth-order valence-corrected chi connectivity index (χ4v) is 1.40. The van der Waals surface area contributed by atoms with E-state index in [-0.39, 0.29) is 6.61 Å². The van der Waals surface area contributed by atoms with Crippen molar-refractivity contribution in [3.8, 4) is 0 Å². The Morgan fingerprint density at radius 2 is 2.00 bits per heavy atom. The first kappa shape index (κ1) is 16.4. The molecule has 3 N–H and O–H groups in total. The third-order valence-electron chi connectivity index (χ3n) is 3.27. The van der Waals surface area contributed by atoms with E-state index in [1.165, 1.54) is 0 Å². The lowest BCUT2D eigenvalue weighted by Gasteiger charge is -2.27. The summed E-state index contributed by atoms with van der Waals surface area (Å²) in [5, 5.41) is 21.5. The molecule has 17 heavy (non-hydrogen) atoms. The molecular weight excluding hydrogens is 218 g/mol. The minimum absolute atomic E-state index is 0.214. The van der Waals surface area contributed by atoms with Gasteiger partial charge >= 0.3 is 0 Å². The zero-order valence-corrected chi connectivity index (χ0v) is 11.5. The molecule has 0 rings (SSSR count). The molecule has 0 aliphatic heterocycles. The van der Waals surface area contributed by atoms with Gasteiger partial charge in [0.25, 0.3) is 0 Å². The predicted octanol–water partition coefficient (Wildman–Crippen LogP) is 1.31. The first-order chi connectivity index (χ1) is 7.85. The number of carbonyl (C=O) groups is 1. The van der Waals surface area contributed by atoms with Crippen molar-refractivity contribution in [1.82, 2.24) is 5.32 Å². The van der Waals surface area contributed by atoms with Gasteiger partial charge in [0.1, 0.15) is 6.10 Å². The van der Waals surface area contributed by atoms with Gasteiger partial charge in [0.05, 0.1) is 6.61 Å². The van der Waals surface area contributed by atoms with Crippen LogP contribution in [-0.2, 0) is 4.79 Å². The van der Waals surface area contributed by atoms with Crippen LogP contribution in [0.1, 0.15) is 47.0 Å². The lowest BCUT2D eigenvalue weighted by Crippen LogP contribution is -2.45. The van der Waals surface area contributed by atoms with E-state index in [2.05, 4.69) is 19.2 Å². The van der Waals surface area contributed by atoms with E-state index in [0.717, 1.165) is 19.3 Å². The maximum Gasteiger partial charge on any atom is 0.249 e. The van der Waals surface area contributed by atoms with E-state index in [1.807, 2.05) is 0 Å². The highest BCUT2D eigenvalue weighted by molar-refractivity contribution is 5.81. The molecule has 2 unspecified atom stereocenters. The van der Waals surface area contributed by atoms with E-state index >= 15 is 0 Å². The van der Waals surface area contributed by atoms with Crippen molar-refractivity contribution in [1.29, 1.82) is 0 Å². The van der Waals surface area contributed by atoms with Gasteiger partial charge in [-0.3, -0.25) is 4.79 Å². The lowest BCUT2D eigenvalue weighted by atomic mass is 9.87. The zero-order valence-electron chi connectivity index (χ0n) is 11.5. The SMILES string of the molecule is CCC(C)CCCNC(=O)C(O)C(C)(C)CO. The second-order valence-electron chi connectivity index (χ2n) is 5.50. The van der Waals surface area contributed by atoms with Crippen LogP contribution in [0.4, 0.5) is 0 Å². The van der Waals surface area contributed by atoms with Crippen LogP contribution in [-0.4, -0.2) is 35.4 Å². The topological polar surface area (TPSA) is 69.6 Å². The third kappa shape index (κ3) is 6.03. The van der Waals surface area contributed by atoms with Crippen molar-refractivity contribution < 1.29 is 15.0 Å². The minimum Gasteiger partial charge on any atom is -0.396 e. The average molecular weight is 245 g/mol. The Morgan fingerprint density at radius 3 is 2.47 bits per heavy atom. The van der Waals surface area contributed by atoms with Gasteiger partial charge in [0, 0.05) is 12.0 Å². The lowest BCUT2D eigenvalue weighted by molar-refractivity contribution is -0.137. The van der Waals surface area contributed by atoms with Crippen molar-refractivity contribution >= 4 is 5.91 Å².